The summed E-state index contributed by atoms with van der Waals surface area (Å²) < 4.78 is 4.99. The molecule has 0 radical (unpaired) electrons. The molecule has 1 N–H and O–H groups in total. The number of benzene rings is 2. The molecule has 0 atom stereocenters. The van der Waals surface area contributed by atoms with Crippen molar-refractivity contribution < 1.29 is 14.3 Å². The van der Waals surface area contributed by atoms with E-state index in [0.29, 0.717) is 10.7 Å². The Balaban J connectivity index is 1.83. The van der Waals surface area contributed by atoms with Gasteiger partial charge in [0.2, 0.25) is 0 Å². The van der Waals surface area contributed by atoms with E-state index in [2.05, 4.69) is 5.32 Å². The molecule has 2 aromatic rings. The van der Waals surface area contributed by atoms with E-state index in [1.165, 1.54) is 0 Å². The average Bonchev–Trinajstić information content (AvgIpc) is 2.48. The van der Waals surface area contributed by atoms with Crippen molar-refractivity contribution in [1.82, 2.24) is 0 Å². The van der Waals surface area contributed by atoms with Crippen LogP contribution in [0.2, 0.25) is 5.02 Å². The van der Waals surface area contributed by atoms with E-state index in [0.717, 1.165) is 16.7 Å². The van der Waals surface area contributed by atoms with Crippen LogP contribution in [0.15, 0.2) is 42.5 Å². The lowest BCUT2D eigenvalue weighted by molar-refractivity contribution is -0.146. The molecule has 120 valence electrons. The van der Waals surface area contributed by atoms with E-state index in [1.54, 1.807) is 12.1 Å². The number of halogens is 1. The van der Waals surface area contributed by atoms with Crippen LogP contribution in [0.5, 0.6) is 0 Å². The van der Waals surface area contributed by atoms with Gasteiger partial charge in [-0.25, -0.2) is 0 Å². The second-order valence-electron chi connectivity index (χ2n) is 5.36. The van der Waals surface area contributed by atoms with Crippen LogP contribution in [-0.2, 0) is 20.7 Å². The Hall–Kier alpha value is -2.33. The molecular weight excluding hydrogens is 314 g/mol. The number of carbonyl (C=O) groups excluding carboxylic acids is 2. The molecule has 1 amide bonds. The summed E-state index contributed by atoms with van der Waals surface area (Å²) in [5.41, 5.74) is 3.42. The molecule has 0 spiro atoms. The van der Waals surface area contributed by atoms with Gasteiger partial charge in [-0.05, 0) is 37.1 Å². The molecule has 2 rings (SSSR count). The minimum Gasteiger partial charge on any atom is -0.455 e. The monoisotopic (exact) mass is 331 g/mol. The highest BCUT2D eigenvalue weighted by molar-refractivity contribution is 6.33. The number of rotatable bonds is 5. The molecule has 0 saturated carbocycles. The van der Waals surface area contributed by atoms with Crippen molar-refractivity contribution in [1.29, 1.82) is 0 Å². The highest BCUT2D eigenvalue weighted by atomic mass is 35.5. The molecule has 0 aliphatic carbocycles. The number of hydrogen-bond acceptors (Lipinski definition) is 3. The largest absolute Gasteiger partial charge is 0.455 e. The number of esters is 1. The van der Waals surface area contributed by atoms with E-state index < -0.39 is 11.9 Å². The number of ether oxygens (including phenoxy) is 1. The predicted octanol–water partition coefficient (Wildman–Crippen LogP) is 3.68. The fraction of sp³-hybridized carbons (Fsp3) is 0.222. The molecule has 0 heterocycles. The maximum absolute atomic E-state index is 11.8. The van der Waals surface area contributed by atoms with Crippen molar-refractivity contribution >= 4 is 29.2 Å². The lowest BCUT2D eigenvalue weighted by atomic mass is 10.1. The summed E-state index contributed by atoms with van der Waals surface area (Å²) >= 11 is 6.04. The normalized spacial score (nSPS) is 10.2. The predicted molar refractivity (Wildman–Crippen MR) is 90.7 cm³/mol. The van der Waals surface area contributed by atoms with Gasteiger partial charge in [-0.3, -0.25) is 9.59 Å². The Kier molecular flexibility index (Phi) is 5.77. The topological polar surface area (TPSA) is 55.4 Å². The number of nitrogens with one attached hydrogen (secondary N) is 1. The zero-order valence-electron chi connectivity index (χ0n) is 13.1. The highest BCUT2D eigenvalue weighted by Gasteiger charge is 2.10. The molecule has 0 aliphatic heterocycles. The van der Waals surface area contributed by atoms with Crippen LogP contribution in [0, 0.1) is 13.8 Å². The molecule has 0 saturated heterocycles. The zero-order chi connectivity index (χ0) is 16.8. The van der Waals surface area contributed by atoms with Crippen LogP contribution >= 0.6 is 11.6 Å². The van der Waals surface area contributed by atoms with Gasteiger partial charge in [-0.15, -0.1) is 0 Å². The van der Waals surface area contributed by atoms with Crippen molar-refractivity contribution in [3.05, 3.63) is 64.2 Å². The number of hydrogen-bond donors (Lipinski definition) is 1. The Morgan fingerprint density at radius 2 is 1.83 bits per heavy atom. The van der Waals surface area contributed by atoms with Crippen molar-refractivity contribution in [2.24, 2.45) is 0 Å². The van der Waals surface area contributed by atoms with Crippen molar-refractivity contribution in [3.63, 3.8) is 0 Å². The van der Waals surface area contributed by atoms with Gasteiger partial charge in [-0.1, -0.05) is 47.5 Å². The van der Waals surface area contributed by atoms with Gasteiger partial charge < -0.3 is 10.1 Å². The molecule has 0 bridgehead atoms. The van der Waals surface area contributed by atoms with Crippen LogP contribution in [0.1, 0.15) is 16.7 Å². The van der Waals surface area contributed by atoms with E-state index in [1.807, 2.05) is 44.2 Å². The third kappa shape index (κ3) is 5.42. The molecule has 0 fully saturated rings. The smallest absolute Gasteiger partial charge is 0.310 e. The Bertz CT molecular complexity index is 728. The minimum atomic E-state index is -0.444. The van der Waals surface area contributed by atoms with Crippen molar-refractivity contribution in [3.8, 4) is 0 Å². The van der Waals surface area contributed by atoms with Crippen LogP contribution < -0.4 is 5.32 Å². The highest BCUT2D eigenvalue weighted by Crippen LogP contribution is 2.22. The third-order valence-corrected chi connectivity index (χ3v) is 3.51. The van der Waals surface area contributed by atoms with Gasteiger partial charge in [0.15, 0.2) is 6.61 Å². The van der Waals surface area contributed by atoms with Crippen LogP contribution in [0.4, 0.5) is 5.69 Å². The summed E-state index contributed by atoms with van der Waals surface area (Å²) in [5, 5.41) is 3.07. The van der Waals surface area contributed by atoms with E-state index in [9.17, 15) is 9.59 Å². The van der Waals surface area contributed by atoms with Gasteiger partial charge in [-0.2, -0.15) is 0 Å². The molecular formula is C18H18ClNO3. The summed E-state index contributed by atoms with van der Waals surface area (Å²) in [7, 11) is 0. The first-order valence-corrected chi connectivity index (χ1v) is 7.59. The van der Waals surface area contributed by atoms with Gasteiger partial charge >= 0.3 is 5.97 Å². The Labute approximate surface area is 140 Å². The third-order valence-electron chi connectivity index (χ3n) is 3.19. The van der Waals surface area contributed by atoms with Crippen LogP contribution in [0.3, 0.4) is 0 Å². The number of aryl methyl sites for hydroxylation is 2. The summed E-state index contributed by atoms with van der Waals surface area (Å²) in [6.45, 7) is 3.52. The quantitative estimate of drug-likeness (QED) is 0.850. The first-order valence-electron chi connectivity index (χ1n) is 7.21. The summed E-state index contributed by atoms with van der Waals surface area (Å²) in [5.74, 6) is -0.867. The first kappa shape index (κ1) is 17.0. The molecule has 0 aliphatic rings. The van der Waals surface area contributed by atoms with E-state index in [-0.39, 0.29) is 13.0 Å². The van der Waals surface area contributed by atoms with Gasteiger partial charge in [0.05, 0.1) is 17.1 Å². The molecule has 0 aromatic heterocycles. The second-order valence-corrected chi connectivity index (χ2v) is 5.77. The van der Waals surface area contributed by atoms with Crippen LogP contribution in [0.25, 0.3) is 0 Å². The summed E-state index contributed by atoms with van der Waals surface area (Å²) in [6.07, 6.45) is 0.139. The minimum absolute atomic E-state index is 0.139. The first-order chi connectivity index (χ1) is 10.9. The maximum atomic E-state index is 11.8. The lowest BCUT2D eigenvalue weighted by Gasteiger charge is -2.09. The fourth-order valence-corrected chi connectivity index (χ4v) is 2.38. The summed E-state index contributed by atoms with van der Waals surface area (Å²) in [4.78, 5) is 23.6. The molecule has 2 aromatic carbocycles. The molecule has 23 heavy (non-hydrogen) atoms. The van der Waals surface area contributed by atoms with E-state index >= 15 is 0 Å². The van der Waals surface area contributed by atoms with Gasteiger partial charge in [0.1, 0.15) is 0 Å². The molecule has 4 nitrogen and oxygen atoms in total. The van der Waals surface area contributed by atoms with E-state index in [4.69, 9.17) is 16.3 Å². The average molecular weight is 332 g/mol. The Morgan fingerprint density at radius 3 is 2.52 bits per heavy atom. The van der Waals surface area contributed by atoms with Crippen molar-refractivity contribution in [2.75, 3.05) is 11.9 Å². The number of carbonyl (C=O) groups is 2. The SMILES string of the molecule is Cc1cccc(CC(=O)OCC(=O)Nc2ccc(C)cc2Cl)c1. The van der Waals surface area contributed by atoms with Gasteiger partial charge in [0, 0.05) is 0 Å². The molecule has 0 unspecified atom stereocenters. The maximum Gasteiger partial charge on any atom is 0.310 e. The summed E-state index contributed by atoms with van der Waals surface area (Å²) in [6, 6.07) is 12.9. The van der Waals surface area contributed by atoms with Crippen LogP contribution in [-0.4, -0.2) is 18.5 Å². The molecule has 5 heteroatoms. The fourth-order valence-electron chi connectivity index (χ4n) is 2.09. The Morgan fingerprint density at radius 1 is 1.09 bits per heavy atom. The number of amides is 1. The second kappa shape index (κ2) is 7.79. The number of anilines is 1. The standard InChI is InChI=1S/C18H18ClNO3/c1-12-4-3-5-14(8-12)10-18(22)23-11-17(21)20-16-7-6-13(2)9-15(16)19/h3-9H,10-11H2,1-2H3,(H,20,21). The zero-order valence-corrected chi connectivity index (χ0v) is 13.8. The lowest BCUT2D eigenvalue weighted by Crippen LogP contribution is -2.21. The van der Waals surface area contributed by atoms with Gasteiger partial charge in [0.25, 0.3) is 5.91 Å². The van der Waals surface area contributed by atoms with Crippen molar-refractivity contribution in [2.45, 2.75) is 20.3 Å².